The molecule has 2 heteroatoms. The first kappa shape index (κ1) is 9.75. The van der Waals surface area contributed by atoms with E-state index in [1.54, 1.807) is 0 Å². The Labute approximate surface area is 74.2 Å². The van der Waals surface area contributed by atoms with Crippen molar-refractivity contribution in [2.24, 2.45) is 0 Å². The molecule has 2 nitrogen and oxygen atoms in total. The van der Waals surface area contributed by atoms with Crippen LogP contribution in [0, 0.1) is 0 Å². The van der Waals surface area contributed by atoms with Crippen molar-refractivity contribution in [3.05, 3.63) is 12.7 Å². The van der Waals surface area contributed by atoms with E-state index in [0.717, 1.165) is 12.8 Å². The molecule has 1 saturated heterocycles. The van der Waals surface area contributed by atoms with Crippen LogP contribution in [-0.2, 0) is 4.74 Å². The molecular weight excluding hydrogens is 152 g/mol. The average Bonchev–Trinajstić information content (AvgIpc) is 1.97. The highest BCUT2D eigenvalue weighted by molar-refractivity contribution is 5.01. The van der Waals surface area contributed by atoms with Gasteiger partial charge in [0.25, 0.3) is 0 Å². The lowest BCUT2D eigenvalue weighted by Crippen LogP contribution is -2.51. The Morgan fingerprint density at radius 3 is 2.50 bits per heavy atom. The third-order valence-corrected chi connectivity index (χ3v) is 2.64. The maximum atomic E-state index is 9.61. The van der Waals surface area contributed by atoms with Crippen LogP contribution in [0.1, 0.15) is 33.6 Å². The summed E-state index contributed by atoms with van der Waals surface area (Å²) in [4.78, 5) is 0. The van der Waals surface area contributed by atoms with Crippen LogP contribution < -0.4 is 0 Å². The molecule has 0 amide bonds. The summed E-state index contributed by atoms with van der Waals surface area (Å²) in [5, 5.41) is 9.61. The highest BCUT2D eigenvalue weighted by atomic mass is 16.5. The van der Waals surface area contributed by atoms with Gasteiger partial charge in [-0.1, -0.05) is 6.08 Å². The first-order chi connectivity index (χ1) is 5.40. The molecule has 1 aliphatic heterocycles. The minimum absolute atomic E-state index is 0.261. The maximum Gasteiger partial charge on any atom is 0.0895 e. The Hall–Kier alpha value is -0.340. The van der Waals surface area contributed by atoms with Crippen LogP contribution in [-0.4, -0.2) is 22.4 Å². The topological polar surface area (TPSA) is 29.5 Å². The van der Waals surface area contributed by atoms with Crippen molar-refractivity contribution in [3.8, 4) is 0 Å². The summed E-state index contributed by atoms with van der Waals surface area (Å²) in [5.41, 5.74) is -0.704. The fourth-order valence-corrected chi connectivity index (χ4v) is 1.63. The molecule has 0 bridgehead atoms. The molecular formula is C10H18O2. The molecule has 0 unspecified atom stereocenters. The van der Waals surface area contributed by atoms with Gasteiger partial charge in [0.05, 0.1) is 17.3 Å². The van der Waals surface area contributed by atoms with Crippen molar-refractivity contribution in [2.45, 2.75) is 50.9 Å². The van der Waals surface area contributed by atoms with E-state index in [1.807, 2.05) is 26.8 Å². The highest BCUT2D eigenvalue weighted by Gasteiger charge is 2.41. The van der Waals surface area contributed by atoms with Crippen LogP contribution in [0.5, 0.6) is 0 Å². The van der Waals surface area contributed by atoms with E-state index in [4.69, 9.17) is 4.74 Å². The van der Waals surface area contributed by atoms with Crippen molar-refractivity contribution >= 4 is 0 Å². The van der Waals surface area contributed by atoms with E-state index in [2.05, 4.69) is 6.58 Å². The van der Waals surface area contributed by atoms with E-state index in [1.165, 1.54) is 0 Å². The lowest BCUT2D eigenvalue weighted by atomic mass is 9.86. The molecule has 1 fully saturated rings. The van der Waals surface area contributed by atoms with Crippen molar-refractivity contribution in [1.29, 1.82) is 0 Å². The number of aliphatic hydroxyl groups is 1. The van der Waals surface area contributed by atoms with Gasteiger partial charge in [-0.05, 0) is 33.6 Å². The molecule has 1 heterocycles. The number of hydrogen-bond donors (Lipinski definition) is 1. The predicted octanol–water partition coefficient (Wildman–Crippen LogP) is 1.88. The average molecular weight is 170 g/mol. The van der Waals surface area contributed by atoms with Gasteiger partial charge in [0.2, 0.25) is 0 Å². The normalized spacial score (nSPS) is 40.8. The maximum absolute atomic E-state index is 9.61. The summed E-state index contributed by atoms with van der Waals surface area (Å²) >= 11 is 0. The van der Waals surface area contributed by atoms with Crippen LogP contribution in [0.2, 0.25) is 0 Å². The minimum Gasteiger partial charge on any atom is -0.390 e. The van der Waals surface area contributed by atoms with E-state index >= 15 is 0 Å². The van der Waals surface area contributed by atoms with Gasteiger partial charge in [-0.3, -0.25) is 0 Å². The van der Waals surface area contributed by atoms with Crippen LogP contribution >= 0.6 is 0 Å². The lowest BCUT2D eigenvalue weighted by Gasteiger charge is -2.44. The Bertz CT molecular complexity index is 186. The summed E-state index contributed by atoms with van der Waals surface area (Å²) in [5.74, 6) is 0. The lowest BCUT2D eigenvalue weighted by molar-refractivity contribution is -0.195. The molecule has 0 saturated carbocycles. The number of ether oxygens (including phenoxy) is 1. The van der Waals surface area contributed by atoms with Crippen molar-refractivity contribution in [2.75, 3.05) is 0 Å². The van der Waals surface area contributed by atoms with Crippen molar-refractivity contribution in [3.63, 3.8) is 0 Å². The molecule has 12 heavy (non-hydrogen) atoms. The molecule has 70 valence electrons. The van der Waals surface area contributed by atoms with Crippen LogP contribution in [0.15, 0.2) is 12.7 Å². The van der Waals surface area contributed by atoms with Gasteiger partial charge >= 0.3 is 0 Å². The van der Waals surface area contributed by atoms with Crippen LogP contribution in [0.4, 0.5) is 0 Å². The molecule has 0 spiro atoms. The zero-order chi connectivity index (χ0) is 9.41. The molecule has 0 radical (unpaired) electrons. The minimum atomic E-state index is -0.443. The highest BCUT2D eigenvalue weighted by Crippen LogP contribution is 2.35. The van der Waals surface area contributed by atoms with Crippen LogP contribution in [0.25, 0.3) is 0 Å². The number of aliphatic hydroxyl groups excluding tert-OH is 1. The Morgan fingerprint density at radius 2 is 2.08 bits per heavy atom. The Morgan fingerprint density at radius 1 is 1.50 bits per heavy atom. The van der Waals surface area contributed by atoms with Gasteiger partial charge in [-0.15, -0.1) is 6.58 Å². The zero-order valence-electron chi connectivity index (χ0n) is 8.13. The van der Waals surface area contributed by atoms with Crippen molar-refractivity contribution in [1.82, 2.24) is 0 Å². The van der Waals surface area contributed by atoms with Gasteiger partial charge in [-0.25, -0.2) is 0 Å². The molecule has 1 aliphatic rings. The van der Waals surface area contributed by atoms with E-state index in [-0.39, 0.29) is 11.7 Å². The third-order valence-electron chi connectivity index (χ3n) is 2.64. The zero-order valence-corrected chi connectivity index (χ0v) is 8.13. The number of hydrogen-bond acceptors (Lipinski definition) is 2. The van der Waals surface area contributed by atoms with E-state index in [0.29, 0.717) is 0 Å². The summed E-state index contributed by atoms with van der Waals surface area (Å²) in [6, 6.07) is 0. The second-order valence-electron chi connectivity index (χ2n) is 4.28. The van der Waals surface area contributed by atoms with Gasteiger partial charge in [-0.2, -0.15) is 0 Å². The van der Waals surface area contributed by atoms with E-state index in [9.17, 15) is 5.11 Å². The summed E-state index contributed by atoms with van der Waals surface area (Å²) in [6.45, 7) is 9.58. The Balaban J connectivity index is 2.75. The second-order valence-corrected chi connectivity index (χ2v) is 4.28. The summed E-state index contributed by atoms with van der Waals surface area (Å²) in [7, 11) is 0. The monoisotopic (exact) mass is 170 g/mol. The fraction of sp³-hybridized carbons (Fsp3) is 0.800. The van der Waals surface area contributed by atoms with Gasteiger partial charge in [0, 0.05) is 0 Å². The van der Waals surface area contributed by atoms with Gasteiger partial charge in [0.15, 0.2) is 0 Å². The first-order valence-electron chi connectivity index (χ1n) is 4.41. The quantitative estimate of drug-likeness (QED) is 0.609. The molecule has 2 atom stereocenters. The fourth-order valence-electron chi connectivity index (χ4n) is 1.63. The standard InChI is InChI=1S/C10H18O2/c1-5-10(4)7-6-8(11)9(2,3)12-10/h5,8,11H,1,6-7H2,2-4H3/t8-,10-/m1/s1. The van der Waals surface area contributed by atoms with Gasteiger partial charge < -0.3 is 9.84 Å². The smallest absolute Gasteiger partial charge is 0.0895 e. The SMILES string of the molecule is C=C[C@]1(C)CC[C@@H](O)C(C)(C)O1. The second kappa shape index (κ2) is 2.86. The van der Waals surface area contributed by atoms with Crippen LogP contribution in [0.3, 0.4) is 0 Å². The van der Waals surface area contributed by atoms with Crippen molar-refractivity contribution < 1.29 is 9.84 Å². The largest absolute Gasteiger partial charge is 0.390 e. The molecule has 1 rings (SSSR count). The predicted molar refractivity (Wildman–Crippen MR) is 49.0 cm³/mol. The Kier molecular flexibility index (Phi) is 2.32. The summed E-state index contributed by atoms with van der Waals surface area (Å²) in [6.07, 6.45) is 3.10. The number of rotatable bonds is 1. The first-order valence-corrected chi connectivity index (χ1v) is 4.41. The molecule has 0 aromatic carbocycles. The molecule has 0 aromatic heterocycles. The van der Waals surface area contributed by atoms with Gasteiger partial charge in [0.1, 0.15) is 0 Å². The molecule has 1 N–H and O–H groups in total. The summed E-state index contributed by atoms with van der Waals surface area (Å²) < 4.78 is 5.75. The van der Waals surface area contributed by atoms with E-state index < -0.39 is 5.60 Å². The third kappa shape index (κ3) is 1.70. The molecule has 0 aromatic rings. The molecule has 0 aliphatic carbocycles.